The lowest BCUT2D eigenvalue weighted by Crippen LogP contribution is -2.19. The van der Waals surface area contributed by atoms with Crippen molar-refractivity contribution in [3.05, 3.63) is 82.9 Å². The van der Waals surface area contributed by atoms with Crippen molar-refractivity contribution in [1.29, 1.82) is 0 Å². The predicted octanol–water partition coefficient (Wildman–Crippen LogP) is 7.26. The third-order valence-corrected chi connectivity index (χ3v) is 6.90. The van der Waals surface area contributed by atoms with Gasteiger partial charge in [0.15, 0.2) is 0 Å². The van der Waals surface area contributed by atoms with Crippen LogP contribution in [0.25, 0.3) is 0 Å². The van der Waals surface area contributed by atoms with Crippen molar-refractivity contribution in [2.75, 3.05) is 17.7 Å². The third-order valence-electron chi connectivity index (χ3n) is 5.23. The van der Waals surface area contributed by atoms with Crippen molar-refractivity contribution in [3.63, 3.8) is 0 Å². The van der Waals surface area contributed by atoms with Crippen LogP contribution < -0.4 is 15.4 Å². The summed E-state index contributed by atoms with van der Waals surface area (Å²) in [4.78, 5) is 26.3. The number of carbonyl (C=O) groups excluding carboxylic acids is 2. The Morgan fingerprint density at radius 3 is 2.38 bits per heavy atom. The quantitative estimate of drug-likeness (QED) is 0.290. The number of anilines is 2. The van der Waals surface area contributed by atoms with E-state index in [4.69, 9.17) is 16.3 Å². The first-order valence-corrected chi connectivity index (χ1v) is 12.4. The molecule has 0 saturated heterocycles. The first kappa shape index (κ1) is 25.7. The van der Waals surface area contributed by atoms with E-state index in [1.165, 1.54) is 11.8 Å². The Morgan fingerprint density at radius 1 is 1.03 bits per heavy atom. The van der Waals surface area contributed by atoms with Crippen LogP contribution in [0, 0.1) is 6.92 Å². The highest BCUT2D eigenvalue weighted by molar-refractivity contribution is 8.00. The van der Waals surface area contributed by atoms with Crippen LogP contribution in [0.5, 0.6) is 5.75 Å². The zero-order valence-corrected chi connectivity index (χ0v) is 21.1. The van der Waals surface area contributed by atoms with Crippen molar-refractivity contribution in [2.24, 2.45) is 0 Å². The summed E-state index contributed by atoms with van der Waals surface area (Å²) in [6.07, 6.45) is 2.36. The minimum absolute atomic E-state index is 0.0102. The van der Waals surface area contributed by atoms with Crippen LogP contribution in [0.3, 0.4) is 0 Å². The number of hydrogen-bond acceptors (Lipinski definition) is 4. The van der Waals surface area contributed by atoms with Crippen LogP contribution >= 0.6 is 23.4 Å². The summed E-state index contributed by atoms with van der Waals surface area (Å²) in [6, 6.07) is 20.7. The largest absolute Gasteiger partial charge is 0.495 e. The van der Waals surface area contributed by atoms with Gasteiger partial charge in [-0.25, -0.2) is 0 Å². The monoisotopic (exact) mass is 496 g/mol. The van der Waals surface area contributed by atoms with Gasteiger partial charge < -0.3 is 15.4 Å². The van der Waals surface area contributed by atoms with Gasteiger partial charge in [-0.1, -0.05) is 55.3 Å². The maximum absolute atomic E-state index is 13.4. The van der Waals surface area contributed by atoms with E-state index in [1.807, 2.05) is 67.6 Å². The van der Waals surface area contributed by atoms with Crippen LogP contribution in [0.15, 0.2) is 71.6 Å². The molecule has 0 aromatic heterocycles. The maximum Gasteiger partial charge on any atom is 0.242 e. The van der Waals surface area contributed by atoms with Crippen LogP contribution in [-0.2, 0) is 9.59 Å². The third kappa shape index (κ3) is 7.02. The van der Waals surface area contributed by atoms with Crippen molar-refractivity contribution in [3.8, 4) is 5.75 Å². The molecule has 2 N–H and O–H groups in total. The lowest BCUT2D eigenvalue weighted by Gasteiger charge is -2.19. The van der Waals surface area contributed by atoms with E-state index in [1.54, 1.807) is 13.2 Å². The van der Waals surface area contributed by atoms with Gasteiger partial charge in [-0.3, -0.25) is 9.59 Å². The molecule has 3 aromatic rings. The van der Waals surface area contributed by atoms with Crippen LogP contribution in [0.4, 0.5) is 11.4 Å². The summed E-state index contributed by atoms with van der Waals surface area (Å²) in [5, 5.41) is 6.00. The molecule has 2 amide bonds. The summed E-state index contributed by atoms with van der Waals surface area (Å²) < 4.78 is 5.41. The van der Waals surface area contributed by atoms with E-state index in [2.05, 4.69) is 17.6 Å². The van der Waals surface area contributed by atoms with E-state index in [0.29, 0.717) is 22.9 Å². The lowest BCUT2D eigenvalue weighted by molar-refractivity contribution is -0.116. The van der Waals surface area contributed by atoms with E-state index in [9.17, 15) is 9.59 Å². The highest BCUT2D eigenvalue weighted by Gasteiger charge is 2.23. The minimum atomic E-state index is -0.494. The summed E-state index contributed by atoms with van der Waals surface area (Å²) in [5.74, 6) is 0.341. The first-order chi connectivity index (χ1) is 16.4. The molecule has 1 unspecified atom stereocenters. The number of halogens is 1. The molecule has 3 rings (SSSR count). The maximum atomic E-state index is 13.4. The van der Waals surface area contributed by atoms with E-state index in [0.717, 1.165) is 34.6 Å². The van der Waals surface area contributed by atoms with E-state index < -0.39 is 5.25 Å². The molecule has 0 aliphatic rings. The lowest BCUT2D eigenvalue weighted by atomic mass is 10.1. The molecule has 178 valence electrons. The van der Waals surface area contributed by atoms with Gasteiger partial charge in [0.25, 0.3) is 0 Å². The fourth-order valence-corrected chi connectivity index (χ4v) is 4.52. The number of unbranched alkanes of at least 4 members (excludes halogenated alkanes) is 1. The fourth-order valence-electron chi connectivity index (χ4n) is 3.34. The van der Waals surface area contributed by atoms with Crippen molar-refractivity contribution in [1.82, 2.24) is 0 Å². The molecule has 0 bridgehead atoms. The van der Waals surface area contributed by atoms with Crippen molar-refractivity contribution in [2.45, 2.75) is 43.3 Å². The Hall–Kier alpha value is -2.96. The average molecular weight is 497 g/mol. The molecule has 0 aliphatic carbocycles. The molecule has 0 aliphatic heterocycles. The Balaban J connectivity index is 1.79. The summed E-state index contributed by atoms with van der Waals surface area (Å²) in [6.45, 7) is 3.94. The Morgan fingerprint density at radius 2 is 1.74 bits per heavy atom. The molecule has 0 spiro atoms. The van der Waals surface area contributed by atoms with Gasteiger partial charge in [-0.05, 0) is 54.8 Å². The van der Waals surface area contributed by atoms with Gasteiger partial charge in [-0.2, -0.15) is 0 Å². The molecule has 0 heterocycles. The fraction of sp³-hybridized carbons (Fsp3) is 0.259. The Kier molecular flexibility index (Phi) is 9.42. The Labute approximate surface area is 210 Å². The second-order valence-electron chi connectivity index (χ2n) is 7.88. The van der Waals surface area contributed by atoms with Gasteiger partial charge in [0, 0.05) is 28.1 Å². The Bertz CT molecular complexity index is 1120. The molecule has 7 heteroatoms. The second kappa shape index (κ2) is 12.5. The number of carbonyl (C=O) groups is 2. The van der Waals surface area contributed by atoms with Crippen molar-refractivity contribution < 1.29 is 14.3 Å². The smallest absolute Gasteiger partial charge is 0.242 e. The summed E-state index contributed by atoms with van der Waals surface area (Å²) >= 11 is 7.65. The number of methoxy groups -OCH3 is 1. The molecule has 5 nitrogen and oxygen atoms in total. The van der Waals surface area contributed by atoms with Crippen molar-refractivity contribution >= 4 is 46.6 Å². The van der Waals surface area contributed by atoms with Gasteiger partial charge in [-0.15, -0.1) is 11.8 Å². The normalized spacial score (nSPS) is 11.5. The van der Waals surface area contributed by atoms with Gasteiger partial charge in [0.05, 0.1) is 12.8 Å². The molecule has 0 fully saturated rings. The predicted molar refractivity (Wildman–Crippen MR) is 141 cm³/mol. The highest BCUT2D eigenvalue weighted by atomic mass is 35.5. The first-order valence-electron chi connectivity index (χ1n) is 11.2. The number of nitrogens with one attached hydrogen (secondary N) is 2. The van der Waals surface area contributed by atoms with E-state index in [-0.39, 0.29) is 11.8 Å². The molecule has 3 aromatic carbocycles. The number of thioether (sulfide) groups is 1. The standard InChI is InChI=1S/C27H29ClN2O3S/c1-4-5-11-25(31)29-20-12-14-21(15-13-20)34-26(19-9-7-6-8-10-19)27(32)30-23-16-18(2)22(28)17-24(23)33-3/h6-10,12-17,26H,4-5,11H2,1-3H3,(H,29,31)(H,30,32). The van der Waals surface area contributed by atoms with Gasteiger partial charge in [0.1, 0.15) is 11.0 Å². The summed E-state index contributed by atoms with van der Waals surface area (Å²) in [7, 11) is 1.54. The summed E-state index contributed by atoms with van der Waals surface area (Å²) in [5.41, 5.74) is 3.04. The molecule has 0 radical (unpaired) electrons. The number of aryl methyl sites for hydroxylation is 1. The number of amides is 2. The minimum Gasteiger partial charge on any atom is -0.495 e. The molecular formula is C27H29ClN2O3S. The highest BCUT2D eigenvalue weighted by Crippen LogP contribution is 2.38. The number of hydrogen-bond donors (Lipinski definition) is 2. The zero-order chi connectivity index (χ0) is 24.5. The van der Waals surface area contributed by atoms with Crippen LogP contribution in [0.2, 0.25) is 5.02 Å². The average Bonchev–Trinajstić information content (AvgIpc) is 2.84. The van der Waals surface area contributed by atoms with E-state index >= 15 is 0 Å². The topological polar surface area (TPSA) is 67.4 Å². The van der Waals surface area contributed by atoms with Gasteiger partial charge in [0.2, 0.25) is 11.8 Å². The SMILES string of the molecule is CCCCC(=O)Nc1ccc(SC(C(=O)Nc2cc(C)c(Cl)cc2OC)c2ccccc2)cc1. The molecular weight excluding hydrogens is 468 g/mol. The number of benzene rings is 3. The molecule has 34 heavy (non-hydrogen) atoms. The van der Waals surface area contributed by atoms with Crippen LogP contribution in [-0.4, -0.2) is 18.9 Å². The van der Waals surface area contributed by atoms with Crippen LogP contribution in [0.1, 0.15) is 42.6 Å². The van der Waals surface area contributed by atoms with Gasteiger partial charge >= 0.3 is 0 Å². The molecule has 0 saturated carbocycles. The molecule has 1 atom stereocenters. The number of rotatable bonds is 10. The number of ether oxygens (including phenoxy) is 1. The zero-order valence-electron chi connectivity index (χ0n) is 19.6. The second-order valence-corrected chi connectivity index (χ2v) is 9.46.